The molecule has 2 aromatic heterocycles. The standard InChI is InChI=1S/C26H24FN5O3/c1-16-3-2-4-20(13-16)30-24-21(14-28-23-22(26(34)35)15-29-32(23)24)25(33)31-11-9-18(10-12-31)17-5-7-19(27)8-6-17/h2-8,13-15,18,30H,9-12H2,1H3,(H,34,35). The third kappa shape index (κ3) is 4.44. The molecule has 0 spiro atoms. The number of hydrogen-bond donors (Lipinski definition) is 2. The van der Waals surface area contributed by atoms with Gasteiger partial charge in [-0.15, -0.1) is 0 Å². The molecule has 0 aliphatic carbocycles. The van der Waals surface area contributed by atoms with Gasteiger partial charge in [0.05, 0.1) is 6.20 Å². The molecule has 3 heterocycles. The Labute approximate surface area is 201 Å². The minimum Gasteiger partial charge on any atom is -0.477 e. The van der Waals surface area contributed by atoms with Crippen LogP contribution in [0, 0.1) is 12.7 Å². The van der Waals surface area contributed by atoms with Crippen LogP contribution in [0.25, 0.3) is 5.65 Å². The van der Waals surface area contributed by atoms with Gasteiger partial charge in [0.1, 0.15) is 22.8 Å². The molecule has 1 aliphatic rings. The smallest absolute Gasteiger partial charge is 0.341 e. The second-order valence-corrected chi connectivity index (χ2v) is 8.73. The maximum absolute atomic E-state index is 13.6. The number of amides is 1. The van der Waals surface area contributed by atoms with Crippen LogP contribution < -0.4 is 5.32 Å². The summed E-state index contributed by atoms with van der Waals surface area (Å²) in [5, 5.41) is 17.0. The molecule has 1 fully saturated rings. The summed E-state index contributed by atoms with van der Waals surface area (Å²) < 4.78 is 14.6. The molecule has 1 aliphatic heterocycles. The number of carbonyl (C=O) groups is 2. The minimum absolute atomic E-state index is 0.0450. The van der Waals surface area contributed by atoms with Crippen molar-refractivity contribution < 1.29 is 19.1 Å². The van der Waals surface area contributed by atoms with Crippen LogP contribution in [-0.2, 0) is 0 Å². The number of aromatic carboxylic acids is 1. The van der Waals surface area contributed by atoms with Crippen LogP contribution in [0.15, 0.2) is 60.9 Å². The van der Waals surface area contributed by atoms with Crippen molar-refractivity contribution in [1.29, 1.82) is 0 Å². The fourth-order valence-electron chi connectivity index (χ4n) is 4.54. The largest absolute Gasteiger partial charge is 0.477 e. The lowest BCUT2D eigenvalue weighted by atomic mass is 9.89. The quantitative estimate of drug-likeness (QED) is 0.438. The van der Waals surface area contributed by atoms with Crippen LogP contribution in [0.4, 0.5) is 15.9 Å². The Hall–Kier alpha value is -4.27. The van der Waals surface area contributed by atoms with E-state index in [9.17, 15) is 19.1 Å². The van der Waals surface area contributed by atoms with E-state index in [1.807, 2.05) is 31.2 Å². The third-order valence-electron chi connectivity index (χ3n) is 6.39. The first-order chi connectivity index (χ1) is 16.9. The van der Waals surface area contributed by atoms with Crippen molar-refractivity contribution in [3.05, 3.63) is 89.0 Å². The van der Waals surface area contributed by atoms with Gasteiger partial charge in [-0.25, -0.2) is 14.2 Å². The van der Waals surface area contributed by atoms with Gasteiger partial charge in [0, 0.05) is 25.0 Å². The second kappa shape index (κ2) is 9.17. The number of carboxylic acids is 1. The molecule has 4 aromatic rings. The normalized spacial score (nSPS) is 14.3. The first kappa shape index (κ1) is 22.5. The zero-order valence-corrected chi connectivity index (χ0v) is 19.1. The first-order valence-electron chi connectivity index (χ1n) is 11.4. The van der Waals surface area contributed by atoms with Crippen molar-refractivity contribution in [3.63, 3.8) is 0 Å². The Balaban J connectivity index is 1.45. The fraction of sp³-hybridized carbons (Fsp3) is 0.231. The summed E-state index contributed by atoms with van der Waals surface area (Å²) in [5.74, 6) is -0.994. The van der Waals surface area contributed by atoms with E-state index in [0.29, 0.717) is 24.5 Å². The number of piperidine rings is 1. The van der Waals surface area contributed by atoms with E-state index in [2.05, 4.69) is 15.4 Å². The Morgan fingerprint density at radius 1 is 1.06 bits per heavy atom. The summed E-state index contributed by atoms with van der Waals surface area (Å²) in [7, 11) is 0. The summed E-state index contributed by atoms with van der Waals surface area (Å²) in [6.45, 7) is 3.05. The molecule has 0 atom stereocenters. The average molecular weight is 474 g/mol. The molecular formula is C26H24FN5O3. The predicted octanol–water partition coefficient (Wildman–Crippen LogP) is 4.64. The second-order valence-electron chi connectivity index (χ2n) is 8.73. The molecule has 0 radical (unpaired) electrons. The van der Waals surface area contributed by atoms with Crippen LogP contribution in [0.3, 0.4) is 0 Å². The van der Waals surface area contributed by atoms with Crippen molar-refractivity contribution in [3.8, 4) is 0 Å². The number of aromatic nitrogens is 3. The SMILES string of the molecule is Cc1cccc(Nc2c(C(=O)N3CCC(c4ccc(F)cc4)CC3)cnc3c(C(=O)O)cnn23)c1. The number of halogens is 1. The minimum atomic E-state index is -1.14. The molecule has 0 bridgehead atoms. The molecule has 2 N–H and O–H groups in total. The predicted molar refractivity (Wildman–Crippen MR) is 129 cm³/mol. The van der Waals surface area contributed by atoms with Crippen LogP contribution in [0.5, 0.6) is 0 Å². The van der Waals surface area contributed by atoms with Crippen LogP contribution >= 0.6 is 0 Å². The van der Waals surface area contributed by atoms with Crippen LogP contribution in [0.2, 0.25) is 0 Å². The zero-order chi connectivity index (χ0) is 24.5. The number of carbonyl (C=O) groups excluding carboxylic acids is 1. The molecule has 178 valence electrons. The Kier molecular flexibility index (Phi) is 5.90. The highest BCUT2D eigenvalue weighted by Crippen LogP contribution is 2.30. The topological polar surface area (TPSA) is 99.8 Å². The van der Waals surface area contributed by atoms with Crippen molar-refractivity contribution in [2.75, 3.05) is 18.4 Å². The lowest BCUT2D eigenvalue weighted by molar-refractivity contribution is 0.0695. The van der Waals surface area contributed by atoms with Gasteiger partial charge in [-0.2, -0.15) is 9.61 Å². The molecule has 1 saturated heterocycles. The number of hydrogen-bond acceptors (Lipinski definition) is 5. The van der Waals surface area contributed by atoms with Crippen LogP contribution in [0.1, 0.15) is 50.6 Å². The van der Waals surface area contributed by atoms with Gasteiger partial charge in [-0.3, -0.25) is 4.79 Å². The highest BCUT2D eigenvalue weighted by molar-refractivity contribution is 6.01. The van der Waals surface area contributed by atoms with Gasteiger partial charge < -0.3 is 15.3 Å². The van der Waals surface area contributed by atoms with Gasteiger partial charge in [0.25, 0.3) is 5.91 Å². The molecular weight excluding hydrogens is 449 g/mol. The van der Waals surface area contributed by atoms with E-state index < -0.39 is 5.97 Å². The van der Waals surface area contributed by atoms with Gasteiger partial charge in [0.2, 0.25) is 0 Å². The summed E-state index contributed by atoms with van der Waals surface area (Å²) in [5.41, 5.74) is 3.26. The molecule has 5 rings (SSSR count). The molecule has 0 unspecified atom stereocenters. The summed E-state index contributed by atoms with van der Waals surface area (Å²) >= 11 is 0. The van der Waals surface area contributed by atoms with Crippen molar-refractivity contribution >= 4 is 29.0 Å². The van der Waals surface area contributed by atoms with E-state index in [1.54, 1.807) is 17.0 Å². The van der Waals surface area contributed by atoms with Gasteiger partial charge in [-0.1, -0.05) is 24.3 Å². The number of rotatable bonds is 5. The van der Waals surface area contributed by atoms with E-state index in [0.717, 1.165) is 29.7 Å². The number of fused-ring (bicyclic) bond motifs is 1. The Morgan fingerprint density at radius 2 is 1.80 bits per heavy atom. The monoisotopic (exact) mass is 473 g/mol. The van der Waals surface area contributed by atoms with Crippen molar-refractivity contribution in [2.45, 2.75) is 25.7 Å². The number of anilines is 2. The summed E-state index contributed by atoms with van der Waals surface area (Å²) in [4.78, 5) is 31.2. The number of benzene rings is 2. The zero-order valence-electron chi connectivity index (χ0n) is 19.1. The Morgan fingerprint density at radius 3 is 2.49 bits per heavy atom. The number of aryl methyl sites for hydroxylation is 1. The van der Waals surface area contributed by atoms with Gasteiger partial charge in [-0.05, 0) is 61.1 Å². The van der Waals surface area contributed by atoms with E-state index >= 15 is 0 Å². The molecule has 2 aromatic carbocycles. The third-order valence-corrected chi connectivity index (χ3v) is 6.39. The van der Waals surface area contributed by atoms with Crippen molar-refractivity contribution in [1.82, 2.24) is 19.5 Å². The van der Waals surface area contributed by atoms with E-state index in [1.165, 1.54) is 29.0 Å². The molecule has 8 nitrogen and oxygen atoms in total. The molecule has 0 saturated carbocycles. The number of likely N-dealkylation sites (tertiary alicyclic amines) is 1. The van der Waals surface area contributed by atoms with Gasteiger partial charge >= 0.3 is 5.97 Å². The summed E-state index contributed by atoms with van der Waals surface area (Å²) in [6, 6.07) is 14.2. The number of nitrogens with one attached hydrogen (secondary N) is 1. The maximum atomic E-state index is 13.6. The molecule has 35 heavy (non-hydrogen) atoms. The highest BCUT2D eigenvalue weighted by Gasteiger charge is 2.28. The summed E-state index contributed by atoms with van der Waals surface area (Å²) in [6.07, 6.45) is 4.17. The molecule has 9 heteroatoms. The number of nitrogens with zero attached hydrogens (tertiary/aromatic N) is 4. The number of carboxylic acid groups (broad SMARTS) is 1. The van der Waals surface area contributed by atoms with Crippen LogP contribution in [-0.4, -0.2) is 49.6 Å². The maximum Gasteiger partial charge on any atom is 0.341 e. The molecule has 1 amide bonds. The van der Waals surface area contributed by atoms with E-state index in [-0.39, 0.29) is 28.9 Å². The van der Waals surface area contributed by atoms with E-state index in [4.69, 9.17) is 0 Å². The van der Waals surface area contributed by atoms with Crippen molar-refractivity contribution in [2.24, 2.45) is 0 Å². The lowest BCUT2D eigenvalue weighted by Gasteiger charge is -2.32. The Bertz CT molecular complexity index is 1410. The van der Waals surface area contributed by atoms with Gasteiger partial charge in [0.15, 0.2) is 5.65 Å². The first-order valence-corrected chi connectivity index (χ1v) is 11.4. The fourth-order valence-corrected chi connectivity index (χ4v) is 4.54. The average Bonchev–Trinajstić information content (AvgIpc) is 3.30. The lowest BCUT2D eigenvalue weighted by Crippen LogP contribution is -2.38. The highest BCUT2D eigenvalue weighted by atomic mass is 19.1.